The molecule has 0 aromatic carbocycles. The lowest BCUT2D eigenvalue weighted by Gasteiger charge is -2.09. The summed E-state index contributed by atoms with van der Waals surface area (Å²) < 4.78 is 0.814. The number of carbonyl (C=O) groups excluding carboxylic acids is 1. The van der Waals surface area contributed by atoms with Crippen molar-refractivity contribution in [1.82, 2.24) is 10.3 Å². The summed E-state index contributed by atoms with van der Waals surface area (Å²) in [7, 11) is 0. The Morgan fingerprint density at radius 1 is 1.67 bits per heavy atom. The summed E-state index contributed by atoms with van der Waals surface area (Å²) in [5.74, 6) is -0.182. The summed E-state index contributed by atoms with van der Waals surface area (Å²) in [4.78, 5) is 15.5. The number of nitrogens with zero attached hydrogens (tertiary/aromatic N) is 1. The molecule has 0 spiro atoms. The number of halogens is 2. The van der Waals surface area contributed by atoms with E-state index in [1.807, 2.05) is 6.92 Å². The molecule has 1 heterocycles. The highest BCUT2D eigenvalue weighted by Gasteiger charge is 2.17. The third-order valence-electron chi connectivity index (χ3n) is 1.80. The van der Waals surface area contributed by atoms with Crippen LogP contribution in [0, 0.1) is 0 Å². The third-order valence-corrected chi connectivity index (χ3v) is 2.68. The number of carbonyl (C=O) groups is 1. The molecule has 0 saturated heterocycles. The zero-order valence-electron chi connectivity index (χ0n) is 8.34. The van der Waals surface area contributed by atoms with Crippen LogP contribution < -0.4 is 5.32 Å². The minimum absolute atomic E-state index is 0.182. The van der Waals surface area contributed by atoms with E-state index < -0.39 is 5.38 Å². The van der Waals surface area contributed by atoms with E-state index in [0.717, 1.165) is 10.9 Å². The van der Waals surface area contributed by atoms with Crippen molar-refractivity contribution in [3.63, 3.8) is 0 Å². The van der Waals surface area contributed by atoms with E-state index in [2.05, 4.69) is 26.2 Å². The van der Waals surface area contributed by atoms with Gasteiger partial charge in [0.1, 0.15) is 5.38 Å². The Bertz CT molecular complexity index is 346. The van der Waals surface area contributed by atoms with Crippen LogP contribution in [0.4, 0.5) is 0 Å². The molecule has 1 unspecified atom stereocenters. The van der Waals surface area contributed by atoms with Gasteiger partial charge in [-0.1, -0.05) is 6.92 Å². The van der Waals surface area contributed by atoms with E-state index in [4.69, 9.17) is 11.6 Å². The maximum atomic E-state index is 11.5. The number of rotatable bonds is 4. The Labute approximate surface area is 102 Å². The van der Waals surface area contributed by atoms with Crippen molar-refractivity contribution in [2.75, 3.05) is 6.54 Å². The van der Waals surface area contributed by atoms with Gasteiger partial charge in [0.25, 0.3) is 0 Å². The monoisotopic (exact) mass is 290 g/mol. The first-order valence-electron chi connectivity index (χ1n) is 4.67. The number of alkyl halides is 1. The topological polar surface area (TPSA) is 42.0 Å². The summed E-state index contributed by atoms with van der Waals surface area (Å²) in [6.07, 6.45) is 4.14. The lowest BCUT2D eigenvalue weighted by atomic mass is 10.2. The van der Waals surface area contributed by atoms with Crippen LogP contribution in [0.25, 0.3) is 0 Å². The quantitative estimate of drug-likeness (QED) is 0.867. The average molecular weight is 292 g/mol. The zero-order chi connectivity index (χ0) is 11.3. The molecule has 0 fully saturated rings. The number of amides is 1. The van der Waals surface area contributed by atoms with Crippen LogP contribution in [-0.4, -0.2) is 17.4 Å². The van der Waals surface area contributed by atoms with Crippen LogP contribution in [0.3, 0.4) is 0 Å². The molecule has 1 amide bonds. The molecule has 0 bridgehead atoms. The largest absolute Gasteiger partial charge is 0.355 e. The number of nitrogens with one attached hydrogen (secondary N) is 1. The maximum Gasteiger partial charge on any atom is 0.242 e. The molecule has 0 aliphatic heterocycles. The van der Waals surface area contributed by atoms with Gasteiger partial charge in [0, 0.05) is 23.4 Å². The predicted molar refractivity (Wildman–Crippen MR) is 63.8 cm³/mol. The zero-order valence-corrected chi connectivity index (χ0v) is 10.7. The molecule has 3 nitrogen and oxygen atoms in total. The molecule has 1 rings (SSSR count). The second-order valence-electron chi connectivity index (χ2n) is 3.09. The van der Waals surface area contributed by atoms with Gasteiger partial charge in [-0.2, -0.15) is 0 Å². The van der Waals surface area contributed by atoms with Gasteiger partial charge >= 0.3 is 0 Å². The standard InChI is InChI=1S/C10H12BrClN2O/c1-2-3-14-10(15)9(12)7-4-8(11)6-13-5-7/h4-6,9H,2-3H2,1H3,(H,14,15). The van der Waals surface area contributed by atoms with Crippen LogP contribution in [0.2, 0.25) is 0 Å². The summed E-state index contributed by atoms with van der Waals surface area (Å²) >= 11 is 9.27. The van der Waals surface area contributed by atoms with E-state index in [9.17, 15) is 4.79 Å². The summed E-state index contributed by atoms with van der Waals surface area (Å²) in [5.41, 5.74) is 0.694. The number of hydrogen-bond acceptors (Lipinski definition) is 2. The van der Waals surface area contributed by atoms with Crippen molar-refractivity contribution >= 4 is 33.4 Å². The summed E-state index contributed by atoms with van der Waals surface area (Å²) in [5, 5.41) is 2.06. The van der Waals surface area contributed by atoms with E-state index in [1.54, 1.807) is 18.5 Å². The maximum absolute atomic E-state index is 11.5. The van der Waals surface area contributed by atoms with Crippen LogP contribution >= 0.6 is 27.5 Å². The molecular formula is C10H12BrClN2O. The Kier molecular flexibility index (Phi) is 5.05. The summed E-state index contributed by atoms with van der Waals surface area (Å²) in [6, 6.07) is 1.79. The molecule has 82 valence electrons. The third kappa shape index (κ3) is 3.80. The number of hydrogen-bond donors (Lipinski definition) is 1. The molecule has 1 aromatic rings. The fourth-order valence-corrected chi connectivity index (χ4v) is 1.64. The van der Waals surface area contributed by atoms with E-state index in [1.165, 1.54) is 0 Å². The first-order valence-corrected chi connectivity index (χ1v) is 5.90. The molecule has 0 saturated carbocycles. The van der Waals surface area contributed by atoms with Gasteiger partial charge in [0.15, 0.2) is 0 Å². The lowest BCUT2D eigenvalue weighted by molar-refractivity contribution is -0.120. The van der Waals surface area contributed by atoms with Gasteiger partial charge in [-0.25, -0.2) is 0 Å². The molecule has 15 heavy (non-hydrogen) atoms. The second kappa shape index (κ2) is 6.08. The molecule has 0 aliphatic rings. The van der Waals surface area contributed by atoms with Crippen molar-refractivity contribution in [1.29, 1.82) is 0 Å². The average Bonchev–Trinajstić information content (AvgIpc) is 2.24. The van der Waals surface area contributed by atoms with Crippen molar-refractivity contribution in [2.24, 2.45) is 0 Å². The van der Waals surface area contributed by atoms with Gasteiger partial charge in [0.2, 0.25) is 5.91 Å². The minimum atomic E-state index is -0.679. The second-order valence-corrected chi connectivity index (χ2v) is 4.44. The van der Waals surface area contributed by atoms with E-state index in [-0.39, 0.29) is 5.91 Å². The molecule has 0 radical (unpaired) electrons. The fourth-order valence-electron chi connectivity index (χ4n) is 1.06. The smallest absolute Gasteiger partial charge is 0.242 e. The minimum Gasteiger partial charge on any atom is -0.355 e. The van der Waals surface area contributed by atoms with Gasteiger partial charge in [-0.15, -0.1) is 11.6 Å². The highest BCUT2D eigenvalue weighted by Crippen LogP contribution is 2.22. The molecule has 1 aromatic heterocycles. The fraction of sp³-hybridized carbons (Fsp3) is 0.400. The summed E-state index contributed by atoms with van der Waals surface area (Å²) in [6.45, 7) is 2.63. The molecule has 0 aliphatic carbocycles. The first-order chi connectivity index (χ1) is 7.15. The molecule has 1 N–H and O–H groups in total. The molecule has 5 heteroatoms. The molecule has 1 atom stereocenters. The predicted octanol–water partition coefficient (Wildman–Crippen LogP) is 2.65. The Balaban J connectivity index is 2.67. The van der Waals surface area contributed by atoms with Crippen molar-refractivity contribution in [3.8, 4) is 0 Å². The number of aromatic nitrogens is 1. The normalized spacial score (nSPS) is 12.2. The van der Waals surface area contributed by atoms with E-state index >= 15 is 0 Å². The number of pyridine rings is 1. The van der Waals surface area contributed by atoms with Gasteiger partial charge < -0.3 is 5.32 Å². The van der Waals surface area contributed by atoms with Crippen LogP contribution in [0.5, 0.6) is 0 Å². The Hall–Kier alpha value is -0.610. The highest BCUT2D eigenvalue weighted by atomic mass is 79.9. The van der Waals surface area contributed by atoms with Crippen molar-refractivity contribution in [3.05, 3.63) is 28.5 Å². The van der Waals surface area contributed by atoms with Gasteiger partial charge in [0.05, 0.1) is 0 Å². The van der Waals surface area contributed by atoms with Crippen molar-refractivity contribution < 1.29 is 4.79 Å². The van der Waals surface area contributed by atoms with Crippen molar-refractivity contribution in [2.45, 2.75) is 18.7 Å². The van der Waals surface area contributed by atoms with Crippen LogP contribution in [0.1, 0.15) is 24.3 Å². The Morgan fingerprint density at radius 3 is 3.00 bits per heavy atom. The van der Waals surface area contributed by atoms with E-state index in [0.29, 0.717) is 12.1 Å². The highest BCUT2D eigenvalue weighted by molar-refractivity contribution is 9.10. The van der Waals surface area contributed by atoms with Gasteiger partial charge in [-0.05, 0) is 34.0 Å². The lowest BCUT2D eigenvalue weighted by Crippen LogP contribution is -2.27. The Morgan fingerprint density at radius 2 is 2.40 bits per heavy atom. The SMILES string of the molecule is CCCNC(=O)C(Cl)c1cncc(Br)c1. The molecular weight excluding hydrogens is 279 g/mol. The van der Waals surface area contributed by atoms with Gasteiger partial charge in [-0.3, -0.25) is 9.78 Å². The van der Waals surface area contributed by atoms with Crippen LogP contribution in [0.15, 0.2) is 22.9 Å². The first kappa shape index (κ1) is 12.5. The van der Waals surface area contributed by atoms with Crippen LogP contribution in [-0.2, 0) is 4.79 Å².